The molecule has 0 aromatic heterocycles. The Kier molecular flexibility index (Phi) is 6.56. The summed E-state index contributed by atoms with van der Waals surface area (Å²) in [5.41, 5.74) is 2.16. The quantitative estimate of drug-likeness (QED) is 0.551. The van der Waals surface area contributed by atoms with Crippen LogP contribution in [0.4, 0.5) is 5.69 Å². The van der Waals surface area contributed by atoms with Crippen molar-refractivity contribution in [2.45, 2.75) is 114 Å². The second-order valence-electron chi connectivity index (χ2n) is 15.5. The summed E-state index contributed by atoms with van der Waals surface area (Å²) in [7, 11) is -0.453. The molecule has 1 saturated carbocycles. The molecular formula is C32H48BN3O5. The van der Waals surface area contributed by atoms with Crippen molar-refractivity contribution in [1.29, 1.82) is 0 Å². The Labute approximate surface area is 245 Å². The zero-order valence-electron chi connectivity index (χ0n) is 25.8. The second-order valence-corrected chi connectivity index (χ2v) is 15.5. The third kappa shape index (κ3) is 4.36. The third-order valence-corrected chi connectivity index (χ3v) is 11.7. The van der Waals surface area contributed by atoms with Crippen LogP contribution < -0.4 is 10.4 Å². The van der Waals surface area contributed by atoms with Gasteiger partial charge in [-0.2, -0.15) is 0 Å². The van der Waals surface area contributed by atoms with E-state index in [2.05, 4.69) is 74.4 Å². The number of aliphatic hydroxyl groups is 1. The smallest absolute Gasteiger partial charge is 0.399 e. The fourth-order valence-corrected chi connectivity index (χ4v) is 8.36. The number of anilines is 1. The Balaban J connectivity index is 1.17. The molecule has 1 aromatic carbocycles. The molecule has 1 spiro atoms. The van der Waals surface area contributed by atoms with E-state index in [1.807, 2.05) is 0 Å². The van der Waals surface area contributed by atoms with Gasteiger partial charge in [-0.15, -0.1) is 0 Å². The number of likely N-dealkylation sites (tertiary alicyclic amines) is 2. The van der Waals surface area contributed by atoms with Crippen LogP contribution in [-0.4, -0.2) is 103 Å². The molecule has 0 bridgehead atoms. The fraction of sp³-hybridized carbons (Fsp3) is 0.781. The SMILES string of the molecule is CC1(C)C[C@H](CO)N([C@H]2C[C@@H](N3C(=O)C4(CCN(C5COC5)CC4)c4ccc(B5OC(C)(C)C(C)(C)O5)cc43)C2)C1. The number of carbonyl (C=O) groups is 1. The Bertz CT molecular complexity index is 1190. The Morgan fingerprint density at radius 2 is 1.61 bits per heavy atom. The summed E-state index contributed by atoms with van der Waals surface area (Å²) < 4.78 is 18.3. The van der Waals surface area contributed by atoms with Crippen LogP contribution in [0.1, 0.15) is 79.2 Å². The van der Waals surface area contributed by atoms with Crippen molar-refractivity contribution >= 4 is 24.2 Å². The average Bonchev–Trinajstić information content (AvgIpc) is 3.37. The summed E-state index contributed by atoms with van der Waals surface area (Å²) in [5, 5.41) is 10.1. The number of hydrogen-bond acceptors (Lipinski definition) is 7. The van der Waals surface area contributed by atoms with Gasteiger partial charge in [0.05, 0.1) is 42.5 Å². The number of nitrogens with zero attached hydrogens (tertiary/aromatic N) is 3. The van der Waals surface area contributed by atoms with Crippen LogP contribution in [0.5, 0.6) is 0 Å². The lowest BCUT2D eigenvalue weighted by molar-refractivity contribution is -0.128. The normalized spacial score (nSPS) is 34.2. The first kappa shape index (κ1) is 28.3. The number of hydrogen-bond donors (Lipinski definition) is 1. The molecule has 9 heteroatoms. The molecule has 7 rings (SSSR count). The molecule has 1 N–H and O–H groups in total. The van der Waals surface area contributed by atoms with Crippen molar-refractivity contribution in [2.75, 3.05) is 44.4 Å². The number of aliphatic hydroxyl groups excluding tert-OH is 1. The highest BCUT2D eigenvalue weighted by molar-refractivity contribution is 6.62. The molecule has 0 radical (unpaired) electrons. The molecule has 5 aliphatic heterocycles. The van der Waals surface area contributed by atoms with Crippen molar-refractivity contribution in [1.82, 2.24) is 9.80 Å². The van der Waals surface area contributed by atoms with Crippen LogP contribution in [0.3, 0.4) is 0 Å². The molecule has 8 nitrogen and oxygen atoms in total. The molecular weight excluding hydrogens is 517 g/mol. The van der Waals surface area contributed by atoms with E-state index >= 15 is 0 Å². The van der Waals surface area contributed by atoms with Gasteiger partial charge in [0.2, 0.25) is 5.91 Å². The van der Waals surface area contributed by atoms with Crippen molar-refractivity contribution in [3.8, 4) is 0 Å². The second kappa shape index (κ2) is 9.51. The number of fused-ring (bicyclic) bond motifs is 2. The zero-order chi connectivity index (χ0) is 28.9. The lowest BCUT2D eigenvalue weighted by Crippen LogP contribution is -2.60. The van der Waals surface area contributed by atoms with Gasteiger partial charge in [0.25, 0.3) is 0 Å². The Hall–Kier alpha value is -1.49. The number of amides is 1. The first-order chi connectivity index (χ1) is 19.3. The van der Waals surface area contributed by atoms with E-state index < -0.39 is 23.7 Å². The molecule has 41 heavy (non-hydrogen) atoms. The van der Waals surface area contributed by atoms with E-state index in [1.165, 1.54) is 5.56 Å². The summed E-state index contributed by atoms with van der Waals surface area (Å²) in [5.74, 6) is 0.284. The van der Waals surface area contributed by atoms with Crippen molar-refractivity contribution in [3.63, 3.8) is 0 Å². The van der Waals surface area contributed by atoms with Crippen LogP contribution in [0.25, 0.3) is 0 Å². The Morgan fingerprint density at radius 3 is 2.20 bits per heavy atom. The average molecular weight is 566 g/mol. The van der Waals surface area contributed by atoms with Gasteiger partial charge in [-0.25, -0.2) is 0 Å². The van der Waals surface area contributed by atoms with E-state index in [-0.39, 0.29) is 30.0 Å². The standard InChI is InChI=1S/C32H48BN3O5/c1-29(2)16-24(17-37)35(20-29)22-14-23(15-22)36-27-13-21(33-40-30(3,4)31(5,6)41-33)7-8-26(27)32(28(36)38)9-11-34(12-10-32)25-18-39-19-25/h7-8,13,22-25,37H,9-12,14-20H2,1-6H3/t22-,23+,24-/m1/s1. The minimum atomic E-state index is -0.459. The van der Waals surface area contributed by atoms with Gasteiger partial charge in [0.1, 0.15) is 0 Å². The number of benzene rings is 1. The van der Waals surface area contributed by atoms with Gasteiger partial charge in [-0.1, -0.05) is 26.0 Å². The lowest BCUT2D eigenvalue weighted by atomic mass is 9.71. The molecule has 5 heterocycles. The summed E-state index contributed by atoms with van der Waals surface area (Å²) in [6, 6.07) is 7.85. The number of piperidine rings is 1. The van der Waals surface area contributed by atoms with Crippen LogP contribution in [0.2, 0.25) is 0 Å². The largest absolute Gasteiger partial charge is 0.494 e. The lowest BCUT2D eigenvalue weighted by Gasteiger charge is -2.48. The van der Waals surface area contributed by atoms with Gasteiger partial charge in [-0.3, -0.25) is 14.6 Å². The monoisotopic (exact) mass is 565 g/mol. The molecule has 4 saturated heterocycles. The zero-order valence-corrected chi connectivity index (χ0v) is 25.8. The first-order valence-electron chi connectivity index (χ1n) is 15.9. The maximum Gasteiger partial charge on any atom is 0.494 e. The maximum absolute atomic E-state index is 14.6. The molecule has 1 aromatic rings. The highest BCUT2D eigenvalue weighted by atomic mass is 16.7. The summed E-state index contributed by atoms with van der Waals surface area (Å²) in [6.07, 6.45) is 4.65. The summed E-state index contributed by atoms with van der Waals surface area (Å²) >= 11 is 0. The van der Waals surface area contributed by atoms with Crippen LogP contribution in [0, 0.1) is 5.41 Å². The first-order valence-corrected chi connectivity index (χ1v) is 15.9. The molecule has 1 aliphatic carbocycles. The molecule has 1 amide bonds. The van der Waals surface area contributed by atoms with Gasteiger partial charge >= 0.3 is 7.12 Å². The number of rotatable bonds is 5. The number of carbonyl (C=O) groups excluding carboxylic acids is 1. The van der Waals surface area contributed by atoms with Crippen LogP contribution in [0.15, 0.2) is 18.2 Å². The fourth-order valence-electron chi connectivity index (χ4n) is 8.36. The summed E-state index contributed by atoms with van der Waals surface area (Å²) in [4.78, 5) is 21.8. The molecule has 0 unspecified atom stereocenters. The predicted octanol–water partition coefficient (Wildman–Crippen LogP) is 2.69. The van der Waals surface area contributed by atoms with E-state index in [1.54, 1.807) is 0 Å². The van der Waals surface area contributed by atoms with E-state index in [0.29, 0.717) is 12.1 Å². The number of ether oxygens (including phenoxy) is 1. The Morgan fingerprint density at radius 1 is 0.951 bits per heavy atom. The highest BCUT2D eigenvalue weighted by Crippen LogP contribution is 2.52. The van der Waals surface area contributed by atoms with Crippen molar-refractivity contribution in [3.05, 3.63) is 23.8 Å². The summed E-state index contributed by atoms with van der Waals surface area (Å²) in [6.45, 7) is 17.6. The highest BCUT2D eigenvalue weighted by Gasteiger charge is 2.58. The molecule has 5 fully saturated rings. The minimum absolute atomic E-state index is 0.181. The molecule has 224 valence electrons. The van der Waals surface area contributed by atoms with Gasteiger partial charge in [0, 0.05) is 30.4 Å². The van der Waals surface area contributed by atoms with E-state index in [9.17, 15) is 9.90 Å². The molecule has 6 aliphatic rings. The van der Waals surface area contributed by atoms with Crippen LogP contribution >= 0.6 is 0 Å². The molecule has 1 atom stereocenters. The topological polar surface area (TPSA) is 74.7 Å². The van der Waals surface area contributed by atoms with E-state index in [4.69, 9.17) is 14.0 Å². The van der Waals surface area contributed by atoms with Crippen LogP contribution in [-0.2, 0) is 24.3 Å². The maximum atomic E-state index is 14.6. The van der Waals surface area contributed by atoms with Crippen molar-refractivity contribution < 1.29 is 23.9 Å². The van der Waals surface area contributed by atoms with Gasteiger partial charge in [0.15, 0.2) is 0 Å². The van der Waals surface area contributed by atoms with Gasteiger partial charge < -0.3 is 24.1 Å². The van der Waals surface area contributed by atoms with Crippen molar-refractivity contribution in [2.24, 2.45) is 5.41 Å². The minimum Gasteiger partial charge on any atom is -0.399 e. The van der Waals surface area contributed by atoms with Gasteiger partial charge in [-0.05, 0) is 95.4 Å². The third-order valence-electron chi connectivity index (χ3n) is 11.7. The predicted molar refractivity (Wildman–Crippen MR) is 160 cm³/mol. The van der Waals surface area contributed by atoms with E-state index in [0.717, 1.165) is 76.1 Å².